The van der Waals surface area contributed by atoms with E-state index in [2.05, 4.69) is 10.0 Å². The molecule has 3 rings (SSSR count). The average Bonchev–Trinajstić information content (AvgIpc) is 3.48. The zero-order valence-corrected chi connectivity index (χ0v) is 17.5. The number of nitrogens with one attached hydrogen (secondary N) is 2. The molecule has 5 N–H and O–H groups in total. The fourth-order valence-electron chi connectivity index (χ4n) is 2.64. The van der Waals surface area contributed by atoms with Crippen molar-refractivity contribution in [3.8, 4) is 17.2 Å². The van der Waals surface area contributed by atoms with Gasteiger partial charge in [-0.3, -0.25) is 9.59 Å². The molecule has 1 fully saturated rings. The molecule has 0 radical (unpaired) electrons. The van der Waals surface area contributed by atoms with Crippen molar-refractivity contribution in [3.63, 3.8) is 0 Å². The molecule has 9 nitrogen and oxygen atoms in total. The molecular formula is C19H20ClN3O6S. The molecule has 160 valence electrons. The van der Waals surface area contributed by atoms with Gasteiger partial charge in [0.15, 0.2) is 0 Å². The van der Waals surface area contributed by atoms with Crippen LogP contribution in [-0.2, 0) is 19.6 Å². The number of rotatable bonds is 7. The van der Waals surface area contributed by atoms with E-state index in [1.807, 2.05) is 0 Å². The van der Waals surface area contributed by atoms with E-state index < -0.39 is 27.6 Å². The number of benzene rings is 2. The second-order valence-corrected chi connectivity index (χ2v) is 9.09. The number of amides is 2. The first kappa shape index (κ1) is 21.9. The van der Waals surface area contributed by atoms with Gasteiger partial charge in [0.05, 0.1) is 5.02 Å². The lowest BCUT2D eigenvalue weighted by Crippen LogP contribution is -2.29. The normalized spacial score (nSPS) is 13.7. The van der Waals surface area contributed by atoms with Gasteiger partial charge in [-0.15, -0.1) is 0 Å². The minimum atomic E-state index is -3.91. The van der Waals surface area contributed by atoms with Crippen LogP contribution in [0.15, 0.2) is 35.2 Å². The quantitative estimate of drug-likeness (QED) is 0.472. The van der Waals surface area contributed by atoms with Crippen molar-refractivity contribution in [2.24, 2.45) is 11.7 Å². The van der Waals surface area contributed by atoms with E-state index in [9.17, 15) is 23.1 Å². The summed E-state index contributed by atoms with van der Waals surface area (Å²) in [6.45, 7) is 1.96. The molecule has 2 aromatic rings. The third-order valence-corrected chi connectivity index (χ3v) is 6.14. The Morgan fingerprint density at radius 2 is 1.97 bits per heavy atom. The number of phenolic OH excluding ortho intramolecular Hbond substituents is 1. The van der Waals surface area contributed by atoms with Gasteiger partial charge in [0.25, 0.3) is 0 Å². The fraction of sp³-hybridized carbons (Fsp3) is 0.263. The van der Waals surface area contributed by atoms with Crippen molar-refractivity contribution < 1.29 is 27.9 Å². The Kier molecular flexibility index (Phi) is 6.20. The summed E-state index contributed by atoms with van der Waals surface area (Å²) in [6, 6.07) is 6.68. The Balaban J connectivity index is 1.84. The molecule has 1 saturated carbocycles. The van der Waals surface area contributed by atoms with Gasteiger partial charge >= 0.3 is 11.8 Å². The number of carbonyl (C=O) groups excluding carboxylic acids is 2. The molecule has 2 amide bonds. The van der Waals surface area contributed by atoms with Crippen molar-refractivity contribution in [1.82, 2.24) is 4.72 Å². The average molecular weight is 454 g/mol. The van der Waals surface area contributed by atoms with E-state index in [0.717, 1.165) is 12.8 Å². The second kappa shape index (κ2) is 8.50. The lowest BCUT2D eigenvalue weighted by atomic mass is 10.2. The van der Waals surface area contributed by atoms with Gasteiger partial charge in [0.2, 0.25) is 10.0 Å². The minimum Gasteiger partial charge on any atom is -0.507 e. The number of aryl methyl sites for hydroxylation is 1. The van der Waals surface area contributed by atoms with E-state index in [1.54, 1.807) is 6.92 Å². The monoisotopic (exact) mass is 453 g/mol. The van der Waals surface area contributed by atoms with Gasteiger partial charge in [-0.2, -0.15) is 0 Å². The molecule has 0 spiro atoms. The zero-order chi connectivity index (χ0) is 22.1. The van der Waals surface area contributed by atoms with Gasteiger partial charge in [0.1, 0.15) is 22.1 Å². The number of hydrogen-bond donors (Lipinski definition) is 4. The lowest BCUT2D eigenvalue weighted by molar-refractivity contribution is -0.134. The van der Waals surface area contributed by atoms with Crippen LogP contribution in [0.1, 0.15) is 18.4 Å². The maximum Gasteiger partial charge on any atom is 0.313 e. The van der Waals surface area contributed by atoms with Crippen molar-refractivity contribution in [1.29, 1.82) is 0 Å². The van der Waals surface area contributed by atoms with Crippen LogP contribution in [0.5, 0.6) is 17.2 Å². The highest BCUT2D eigenvalue weighted by molar-refractivity contribution is 7.89. The van der Waals surface area contributed by atoms with Crippen molar-refractivity contribution in [2.45, 2.75) is 24.7 Å². The molecule has 0 aromatic heterocycles. The van der Waals surface area contributed by atoms with Gasteiger partial charge < -0.3 is 20.9 Å². The summed E-state index contributed by atoms with van der Waals surface area (Å²) >= 11 is 6.23. The maximum atomic E-state index is 12.5. The summed E-state index contributed by atoms with van der Waals surface area (Å²) in [5.74, 6) is -1.86. The van der Waals surface area contributed by atoms with Crippen LogP contribution in [0.2, 0.25) is 5.02 Å². The number of phenols is 1. The van der Waals surface area contributed by atoms with Crippen molar-refractivity contribution in [2.75, 3.05) is 11.9 Å². The zero-order valence-electron chi connectivity index (χ0n) is 15.9. The van der Waals surface area contributed by atoms with Crippen molar-refractivity contribution >= 4 is 39.1 Å². The molecule has 0 bridgehead atoms. The topological polar surface area (TPSA) is 148 Å². The van der Waals surface area contributed by atoms with Gasteiger partial charge in [-0.1, -0.05) is 11.6 Å². The molecule has 0 atom stereocenters. The SMILES string of the molecule is Cc1cc(NC(=O)C(N)=O)cc(Cl)c1Oc1ccc(O)c(S(=O)(=O)NCC2CC2)c1. The predicted octanol–water partition coefficient (Wildman–Crippen LogP) is 2.26. The van der Waals surface area contributed by atoms with Crippen LogP contribution >= 0.6 is 11.6 Å². The highest BCUT2D eigenvalue weighted by Crippen LogP contribution is 2.37. The number of aromatic hydroxyl groups is 1. The largest absolute Gasteiger partial charge is 0.507 e. The Labute approximate surface area is 178 Å². The molecule has 0 aliphatic heterocycles. The van der Waals surface area contributed by atoms with E-state index in [1.165, 1.54) is 30.3 Å². The maximum absolute atomic E-state index is 12.5. The summed E-state index contributed by atoms with van der Waals surface area (Å²) in [4.78, 5) is 22.0. The number of carbonyl (C=O) groups is 2. The number of anilines is 1. The molecule has 30 heavy (non-hydrogen) atoms. The summed E-state index contributed by atoms with van der Waals surface area (Å²) in [5, 5.41) is 12.4. The molecule has 11 heteroatoms. The first-order valence-electron chi connectivity index (χ1n) is 8.98. The number of ether oxygens (including phenoxy) is 1. The third kappa shape index (κ3) is 5.21. The molecule has 0 unspecified atom stereocenters. The first-order chi connectivity index (χ1) is 14.1. The highest BCUT2D eigenvalue weighted by Gasteiger charge is 2.26. The smallest absolute Gasteiger partial charge is 0.313 e. The molecular weight excluding hydrogens is 434 g/mol. The van der Waals surface area contributed by atoms with Gasteiger partial charge in [-0.25, -0.2) is 13.1 Å². The van der Waals surface area contributed by atoms with Crippen LogP contribution in [0.3, 0.4) is 0 Å². The highest BCUT2D eigenvalue weighted by atomic mass is 35.5. The fourth-order valence-corrected chi connectivity index (χ4v) is 4.17. The number of halogens is 1. The molecule has 0 saturated heterocycles. The Morgan fingerprint density at radius 1 is 1.27 bits per heavy atom. The van der Waals surface area contributed by atoms with Gasteiger partial charge in [0, 0.05) is 18.3 Å². The van der Waals surface area contributed by atoms with E-state index in [4.69, 9.17) is 22.1 Å². The van der Waals surface area contributed by atoms with Crippen LogP contribution < -0.4 is 20.5 Å². The Bertz CT molecular complexity index is 1090. The number of primary amides is 1. The number of nitrogens with two attached hydrogens (primary N) is 1. The van der Waals surface area contributed by atoms with E-state index in [0.29, 0.717) is 18.0 Å². The Morgan fingerprint density at radius 3 is 2.57 bits per heavy atom. The van der Waals surface area contributed by atoms with Crippen LogP contribution in [-0.4, -0.2) is 31.9 Å². The predicted molar refractivity (Wildman–Crippen MR) is 110 cm³/mol. The third-order valence-electron chi connectivity index (χ3n) is 4.41. The number of sulfonamides is 1. The van der Waals surface area contributed by atoms with E-state index in [-0.39, 0.29) is 27.1 Å². The number of hydrogen-bond acceptors (Lipinski definition) is 6. The Hall–Kier alpha value is -2.82. The second-order valence-electron chi connectivity index (χ2n) is 6.95. The lowest BCUT2D eigenvalue weighted by Gasteiger charge is -2.14. The minimum absolute atomic E-state index is 0.110. The van der Waals surface area contributed by atoms with Gasteiger partial charge in [-0.05, 0) is 55.5 Å². The summed E-state index contributed by atoms with van der Waals surface area (Å²) < 4.78 is 33.2. The van der Waals surface area contributed by atoms with Crippen LogP contribution in [0.4, 0.5) is 5.69 Å². The van der Waals surface area contributed by atoms with E-state index >= 15 is 0 Å². The standard InChI is InChI=1S/C19H20ClN3O6S/c1-10-6-12(23-19(26)18(21)25)7-14(20)17(10)29-13-4-5-15(24)16(8-13)30(27,28)22-9-11-2-3-11/h4-8,11,22,24H,2-3,9H2,1H3,(H2,21,25)(H,23,26). The molecule has 1 aliphatic carbocycles. The molecule has 2 aromatic carbocycles. The summed E-state index contributed by atoms with van der Waals surface area (Å²) in [7, 11) is -3.91. The molecule has 1 aliphatic rings. The summed E-state index contributed by atoms with van der Waals surface area (Å²) in [5.41, 5.74) is 5.66. The first-order valence-corrected chi connectivity index (χ1v) is 10.8. The summed E-state index contributed by atoms with van der Waals surface area (Å²) in [6.07, 6.45) is 1.95. The van der Waals surface area contributed by atoms with Crippen LogP contribution in [0.25, 0.3) is 0 Å². The van der Waals surface area contributed by atoms with Crippen molar-refractivity contribution in [3.05, 3.63) is 40.9 Å². The van der Waals surface area contributed by atoms with Crippen LogP contribution in [0, 0.1) is 12.8 Å². The molecule has 0 heterocycles.